The molecular weight excluding hydrogens is 386 g/mol. The molecule has 0 bridgehead atoms. The zero-order chi connectivity index (χ0) is 19.4. The van der Waals surface area contributed by atoms with E-state index < -0.39 is 0 Å². The molecule has 6 heteroatoms. The van der Waals surface area contributed by atoms with Crippen LogP contribution < -0.4 is 0 Å². The number of halogens is 1. The quantitative estimate of drug-likeness (QED) is 0.767. The Labute approximate surface area is 179 Å². The first-order chi connectivity index (χ1) is 13.6. The van der Waals surface area contributed by atoms with Crippen LogP contribution in [0, 0.1) is 0 Å². The smallest absolute Gasteiger partial charge is 0.272 e. The zero-order valence-electron chi connectivity index (χ0n) is 17.0. The molecule has 2 fully saturated rings. The number of hydrogen-bond acceptors (Lipinski definition) is 4. The zero-order valence-corrected chi connectivity index (χ0v) is 17.8. The molecule has 1 aromatic carbocycles. The lowest BCUT2D eigenvalue weighted by molar-refractivity contribution is -0.161. The van der Waals surface area contributed by atoms with Crippen molar-refractivity contribution in [3.8, 4) is 0 Å². The van der Waals surface area contributed by atoms with Crippen molar-refractivity contribution in [3.63, 3.8) is 0 Å². The summed E-state index contributed by atoms with van der Waals surface area (Å²) in [5.74, 6) is 0.0154. The minimum atomic E-state index is -0.217. The molecule has 2 aliphatic rings. The number of hydrogen-bond donors (Lipinski definition) is 0. The molecule has 4 rings (SSSR count). The number of nitrogens with zero attached hydrogens (tertiary/aromatic N) is 3. The number of rotatable bonds is 4. The van der Waals surface area contributed by atoms with E-state index in [1.54, 1.807) is 12.3 Å². The Morgan fingerprint density at radius 2 is 1.86 bits per heavy atom. The lowest BCUT2D eigenvalue weighted by Gasteiger charge is -2.49. The second kappa shape index (κ2) is 9.70. The Morgan fingerprint density at radius 3 is 2.55 bits per heavy atom. The molecule has 1 amide bonds. The molecule has 0 radical (unpaired) electrons. The Hall–Kier alpha value is -1.95. The number of carbonyl (C=O) groups excluding carboxylic acids is 1. The maximum atomic E-state index is 12.9. The maximum Gasteiger partial charge on any atom is 0.272 e. The lowest BCUT2D eigenvalue weighted by Crippen LogP contribution is -2.60. The summed E-state index contributed by atoms with van der Waals surface area (Å²) in [6.45, 7) is 6.48. The fraction of sp³-hybridized carbons (Fsp3) is 0.478. The van der Waals surface area contributed by atoms with Gasteiger partial charge in [0.25, 0.3) is 5.91 Å². The summed E-state index contributed by atoms with van der Waals surface area (Å²) in [6, 6.07) is 16.2. The van der Waals surface area contributed by atoms with Crippen LogP contribution in [0.5, 0.6) is 0 Å². The van der Waals surface area contributed by atoms with E-state index in [4.69, 9.17) is 4.74 Å². The number of benzene rings is 1. The van der Waals surface area contributed by atoms with Crippen LogP contribution in [0.25, 0.3) is 0 Å². The van der Waals surface area contributed by atoms with Crippen LogP contribution >= 0.6 is 12.4 Å². The fourth-order valence-electron chi connectivity index (χ4n) is 4.42. The number of carbonyl (C=O) groups is 1. The van der Waals surface area contributed by atoms with Crippen molar-refractivity contribution in [2.75, 3.05) is 32.7 Å². The average molecular weight is 416 g/mol. The first-order valence-electron chi connectivity index (χ1n) is 10.3. The van der Waals surface area contributed by atoms with Gasteiger partial charge in [0.2, 0.25) is 0 Å². The van der Waals surface area contributed by atoms with Crippen molar-refractivity contribution >= 4 is 18.3 Å². The van der Waals surface area contributed by atoms with Gasteiger partial charge >= 0.3 is 0 Å². The molecule has 1 spiro atoms. The van der Waals surface area contributed by atoms with Crippen LogP contribution in [0.4, 0.5) is 0 Å². The molecule has 2 saturated heterocycles. The largest absolute Gasteiger partial charge is 0.368 e. The molecule has 2 aliphatic heterocycles. The van der Waals surface area contributed by atoms with Gasteiger partial charge in [0.15, 0.2) is 0 Å². The summed E-state index contributed by atoms with van der Waals surface area (Å²) in [7, 11) is 0. The summed E-state index contributed by atoms with van der Waals surface area (Å²) in [4.78, 5) is 21.6. The van der Waals surface area contributed by atoms with Crippen LogP contribution in [0.3, 0.4) is 0 Å². The Bertz CT molecular complexity index is 779. The van der Waals surface area contributed by atoms with Gasteiger partial charge in [-0.15, -0.1) is 12.4 Å². The van der Waals surface area contributed by atoms with Crippen molar-refractivity contribution in [3.05, 3.63) is 66.0 Å². The van der Waals surface area contributed by atoms with Gasteiger partial charge in [0, 0.05) is 32.4 Å². The molecule has 0 unspecified atom stereocenters. The van der Waals surface area contributed by atoms with Crippen LogP contribution in [0.2, 0.25) is 0 Å². The lowest BCUT2D eigenvalue weighted by atomic mass is 9.88. The Kier molecular flexibility index (Phi) is 7.28. The van der Waals surface area contributed by atoms with E-state index >= 15 is 0 Å². The molecule has 2 aromatic rings. The fourth-order valence-corrected chi connectivity index (χ4v) is 4.42. The third-order valence-electron chi connectivity index (χ3n) is 5.91. The standard InChI is InChI=1S/C23H29N3O2.ClH/c1-19-17-26(22(27)21-9-5-6-13-24-21)18-23(28-19)11-15-25(16-12-23)14-10-20-7-3-2-4-8-20;/h2-9,13,19H,10-12,14-18H2,1H3;1H/t19-;/m1./s1. The molecule has 156 valence electrons. The highest BCUT2D eigenvalue weighted by Gasteiger charge is 2.43. The van der Waals surface area contributed by atoms with Crippen LogP contribution in [0.1, 0.15) is 35.8 Å². The molecule has 3 heterocycles. The van der Waals surface area contributed by atoms with E-state index in [-0.39, 0.29) is 30.0 Å². The van der Waals surface area contributed by atoms with Gasteiger partial charge in [-0.2, -0.15) is 0 Å². The van der Waals surface area contributed by atoms with Crippen molar-refractivity contribution in [1.82, 2.24) is 14.8 Å². The summed E-state index contributed by atoms with van der Waals surface area (Å²) in [5.41, 5.74) is 1.69. The number of ether oxygens (including phenoxy) is 1. The maximum absolute atomic E-state index is 12.9. The summed E-state index contributed by atoms with van der Waals surface area (Å²) < 4.78 is 6.40. The van der Waals surface area contributed by atoms with Gasteiger partial charge < -0.3 is 14.5 Å². The predicted molar refractivity (Wildman–Crippen MR) is 116 cm³/mol. The molecule has 29 heavy (non-hydrogen) atoms. The first kappa shape index (κ1) is 21.8. The van der Waals surface area contributed by atoms with Crippen LogP contribution in [0.15, 0.2) is 54.7 Å². The van der Waals surface area contributed by atoms with E-state index in [1.165, 1.54) is 5.56 Å². The monoisotopic (exact) mass is 415 g/mol. The second-order valence-corrected chi connectivity index (χ2v) is 8.09. The second-order valence-electron chi connectivity index (χ2n) is 8.09. The average Bonchev–Trinajstić information content (AvgIpc) is 2.74. The predicted octanol–water partition coefficient (Wildman–Crippen LogP) is 3.44. The third kappa shape index (κ3) is 5.35. The molecule has 1 atom stereocenters. The minimum Gasteiger partial charge on any atom is -0.368 e. The Balaban J connectivity index is 0.00000240. The van der Waals surface area contributed by atoms with Crippen molar-refractivity contribution in [2.45, 2.75) is 37.9 Å². The van der Waals surface area contributed by atoms with Gasteiger partial charge in [-0.1, -0.05) is 36.4 Å². The van der Waals surface area contributed by atoms with Gasteiger partial charge in [0.1, 0.15) is 5.69 Å². The first-order valence-corrected chi connectivity index (χ1v) is 10.3. The van der Waals surface area contributed by atoms with E-state index in [0.29, 0.717) is 18.8 Å². The molecule has 0 aliphatic carbocycles. The normalized spacial score (nSPS) is 21.6. The topological polar surface area (TPSA) is 45.7 Å². The van der Waals surface area contributed by atoms with Crippen LogP contribution in [-0.4, -0.2) is 65.1 Å². The van der Waals surface area contributed by atoms with E-state index in [1.807, 2.05) is 17.0 Å². The highest BCUT2D eigenvalue weighted by atomic mass is 35.5. The summed E-state index contributed by atoms with van der Waals surface area (Å²) >= 11 is 0. The highest BCUT2D eigenvalue weighted by Crippen LogP contribution is 2.33. The molecule has 0 saturated carbocycles. The third-order valence-corrected chi connectivity index (χ3v) is 5.91. The van der Waals surface area contributed by atoms with E-state index in [9.17, 15) is 4.79 Å². The number of aromatic nitrogens is 1. The minimum absolute atomic E-state index is 0. The number of likely N-dealkylation sites (tertiary alicyclic amines) is 1. The number of morpholine rings is 1. The molecular formula is C23H30ClN3O2. The van der Waals surface area contributed by atoms with Gasteiger partial charge in [0.05, 0.1) is 18.2 Å². The van der Waals surface area contributed by atoms with Gasteiger partial charge in [-0.05, 0) is 43.9 Å². The van der Waals surface area contributed by atoms with E-state index in [2.05, 4.69) is 47.1 Å². The molecule has 1 aromatic heterocycles. The SMILES string of the molecule is C[C@@H]1CN(C(=O)c2ccccn2)CC2(CCN(CCc3ccccc3)CC2)O1.Cl. The number of amides is 1. The van der Waals surface area contributed by atoms with Crippen molar-refractivity contribution in [1.29, 1.82) is 0 Å². The summed E-state index contributed by atoms with van der Waals surface area (Å²) in [5, 5.41) is 0. The van der Waals surface area contributed by atoms with Gasteiger partial charge in [-0.25, -0.2) is 0 Å². The van der Waals surface area contributed by atoms with Gasteiger partial charge in [-0.3, -0.25) is 9.78 Å². The molecule has 0 N–H and O–H groups in total. The Morgan fingerprint density at radius 1 is 1.14 bits per heavy atom. The van der Waals surface area contributed by atoms with Crippen LogP contribution in [-0.2, 0) is 11.2 Å². The van der Waals surface area contributed by atoms with Crippen molar-refractivity contribution < 1.29 is 9.53 Å². The molecule has 5 nitrogen and oxygen atoms in total. The van der Waals surface area contributed by atoms with E-state index in [0.717, 1.165) is 38.9 Å². The van der Waals surface area contributed by atoms with Crippen molar-refractivity contribution in [2.24, 2.45) is 0 Å². The highest BCUT2D eigenvalue weighted by molar-refractivity contribution is 5.92. The number of pyridine rings is 1. The summed E-state index contributed by atoms with van der Waals surface area (Å²) in [6.07, 6.45) is 4.75. The number of piperidine rings is 1.